The second kappa shape index (κ2) is 21.6. The minimum absolute atomic E-state index is 0.0271. The topological polar surface area (TPSA) is 322 Å². The summed E-state index contributed by atoms with van der Waals surface area (Å²) in [5.74, 6) is -5.53. The maximum absolute atomic E-state index is 12.6. The van der Waals surface area contributed by atoms with Crippen LogP contribution in [-0.4, -0.2) is 123 Å². The largest absolute Gasteiger partial charge is 0.481 e. The van der Waals surface area contributed by atoms with Crippen LogP contribution in [-0.2, 0) is 54.9 Å². The van der Waals surface area contributed by atoms with Crippen LogP contribution in [0.1, 0.15) is 68.7 Å². The first-order valence-electron chi connectivity index (χ1n) is 16.5. The number of aryl methyl sites for hydroxylation is 1. The van der Waals surface area contributed by atoms with Crippen molar-refractivity contribution in [3.05, 3.63) is 35.9 Å². The van der Waals surface area contributed by atoms with Crippen LogP contribution < -0.4 is 21.7 Å². The fourth-order valence-electron chi connectivity index (χ4n) is 5.19. The fourth-order valence-corrected chi connectivity index (χ4v) is 5.19. The van der Waals surface area contributed by atoms with Gasteiger partial charge in [-0.3, -0.25) is 24.1 Å². The lowest BCUT2D eigenvalue weighted by Crippen LogP contribution is -2.51. The number of nitrogens with zero attached hydrogens (tertiary/aromatic N) is 5. The Morgan fingerprint density at radius 1 is 0.788 bits per heavy atom. The average Bonchev–Trinajstić information content (AvgIpc) is 3.62. The third-order valence-electron chi connectivity index (χ3n) is 7.77. The predicted molar refractivity (Wildman–Crippen MR) is 179 cm³/mol. The van der Waals surface area contributed by atoms with Crippen molar-refractivity contribution in [2.45, 2.75) is 103 Å². The molecular formula is C31H47N9O12. The number of carbonyl (C=O) groups excluding carboxylic acids is 2. The Morgan fingerprint density at radius 3 is 2.00 bits per heavy atom. The molecule has 288 valence electrons. The number of urea groups is 1. The van der Waals surface area contributed by atoms with Crippen LogP contribution >= 0.6 is 0 Å². The predicted octanol–water partition coefficient (Wildman–Crippen LogP) is -0.586. The van der Waals surface area contributed by atoms with E-state index in [1.165, 1.54) is 15.3 Å². The van der Waals surface area contributed by atoms with E-state index in [1.807, 2.05) is 4.90 Å². The number of amides is 3. The van der Waals surface area contributed by atoms with Crippen LogP contribution in [0.15, 0.2) is 18.6 Å². The highest BCUT2D eigenvalue weighted by Crippen LogP contribution is 2.13. The Kier molecular flexibility index (Phi) is 17.7. The Bertz CT molecular complexity index is 1540. The van der Waals surface area contributed by atoms with Crippen molar-refractivity contribution in [3.8, 4) is 0 Å². The Balaban J connectivity index is 1.82. The number of aliphatic carboxylic acids is 5. The molecule has 0 spiro atoms. The van der Waals surface area contributed by atoms with Crippen LogP contribution in [0, 0.1) is 6.92 Å². The van der Waals surface area contributed by atoms with Gasteiger partial charge in [0.2, 0.25) is 5.91 Å². The first-order valence-corrected chi connectivity index (χ1v) is 16.5. The molecule has 52 heavy (non-hydrogen) atoms. The van der Waals surface area contributed by atoms with E-state index in [2.05, 4.69) is 25.9 Å². The maximum atomic E-state index is 12.6. The second-order valence-corrected chi connectivity index (χ2v) is 12.1. The zero-order chi connectivity index (χ0) is 38.8. The molecule has 0 saturated carbocycles. The fraction of sp³-hybridized carbons (Fsp3) is 0.581. The number of unbranched alkanes of at least 4 members (excludes halogenated alkanes) is 2. The van der Waals surface area contributed by atoms with E-state index in [9.17, 15) is 48.9 Å². The maximum Gasteiger partial charge on any atom is 0.326 e. The third kappa shape index (κ3) is 16.0. The van der Waals surface area contributed by atoms with Crippen molar-refractivity contribution in [1.82, 2.24) is 40.0 Å². The van der Waals surface area contributed by atoms with Gasteiger partial charge in [-0.05, 0) is 52.0 Å². The molecule has 2 aromatic heterocycles. The molecule has 0 aliphatic carbocycles. The molecule has 3 amide bonds. The molecule has 2 aromatic rings. The highest BCUT2D eigenvalue weighted by atomic mass is 16.4. The van der Waals surface area contributed by atoms with Crippen molar-refractivity contribution in [3.63, 3.8) is 0 Å². The molecule has 10 N–H and O–H groups in total. The molecule has 2 rings (SSSR count). The van der Waals surface area contributed by atoms with Gasteiger partial charge in [-0.15, -0.1) is 0 Å². The normalized spacial score (nSPS) is 12.8. The summed E-state index contributed by atoms with van der Waals surface area (Å²) in [6.07, 6.45) is 5.87. The number of hydrogen-bond donors (Lipinski definition) is 9. The summed E-state index contributed by atoms with van der Waals surface area (Å²) in [6, 6.07) is -4.78. The van der Waals surface area contributed by atoms with Crippen LogP contribution in [0.4, 0.5) is 4.79 Å². The van der Waals surface area contributed by atoms with Gasteiger partial charge in [0.05, 0.1) is 24.8 Å². The minimum atomic E-state index is -1.52. The molecule has 21 heteroatoms. The first-order chi connectivity index (χ1) is 24.5. The highest BCUT2D eigenvalue weighted by Gasteiger charge is 2.25. The molecule has 2 heterocycles. The van der Waals surface area contributed by atoms with Crippen molar-refractivity contribution in [1.29, 1.82) is 0 Å². The second-order valence-electron chi connectivity index (χ2n) is 12.1. The van der Waals surface area contributed by atoms with Gasteiger partial charge in [0, 0.05) is 31.6 Å². The number of hydrogen-bond acceptors (Lipinski definition) is 11. The van der Waals surface area contributed by atoms with Gasteiger partial charge in [0.15, 0.2) is 0 Å². The SMILES string of the molecule is Cc1cn(CC(=O)O)c(CN(CCCC[C@H](N)C(=O)NCCCC[C@H](NC(=O)N[C@@H](CCC(=O)O)C(=O)O)C(=O)O)Cc2nccn2CC(=O)O)n1. The van der Waals surface area contributed by atoms with Crippen molar-refractivity contribution < 1.29 is 59.1 Å². The molecule has 0 saturated heterocycles. The van der Waals surface area contributed by atoms with E-state index in [1.54, 1.807) is 19.3 Å². The lowest BCUT2D eigenvalue weighted by Gasteiger charge is -2.23. The van der Waals surface area contributed by atoms with Crippen molar-refractivity contribution in [2.75, 3.05) is 13.1 Å². The summed E-state index contributed by atoms with van der Waals surface area (Å²) >= 11 is 0. The molecule has 0 radical (unpaired) electrons. The summed E-state index contributed by atoms with van der Waals surface area (Å²) in [7, 11) is 0. The third-order valence-corrected chi connectivity index (χ3v) is 7.77. The molecule has 0 aromatic carbocycles. The molecule has 0 bridgehead atoms. The molecule has 0 fully saturated rings. The van der Waals surface area contributed by atoms with Crippen LogP contribution in [0.5, 0.6) is 0 Å². The number of imidazole rings is 2. The molecule has 0 aliphatic rings. The van der Waals surface area contributed by atoms with Gasteiger partial charge in [0.25, 0.3) is 0 Å². The molecule has 21 nitrogen and oxygen atoms in total. The summed E-state index contributed by atoms with van der Waals surface area (Å²) < 4.78 is 3.04. The zero-order valence-corrected chi connectivity index (χ0v) is 28.8. The smallest absolute Gasteiger partial charge is 0.326 e. The van der Waals surface area contributed by atoms with Crippen molar-refractivity contribution >= 4 is 41.8 Å². The van der Waals surface area contributed by atoms with E-state index >= 15 is 0 Å². The van der Waals surface area contributed by atoms with E-state index in [0.717, 1.165) is 0 Å². The summed E-state index contributed by atoms with van der Waals surface area (Å²) in [6.45, 7) is 2.36. The molecule has 3 atom stereocenters. The average molecular weight is 738 g/mol. The Morgan fingerprint density at radius 2 is 1.38 bits per heavy atom. The van der Waals surface area contributed by atoms with E-state index in [-0.39, 0.29) is 52.0 Å². The molecular weight excluding hydrogens is 690 g/mol. The van der Waals surface area contributed by atoms with E-state index < -0.39 is 66.3 Å². The van der Waals surface area contributed by atoms with Gasteiger partial charge < -0.3 is 56.4 Å². The van der Waals surface area contributed by atoms with Gasteiger partial charge in [0.1, 0.15) is 36.8 Å². The number of carboxylic acids is 5. The lowest BCUT2D eigenvalue weighted by atomic mass is 10.1. The lowest BCUT2D eigenvalue weighted by molar-refractivity contribution is -0.141. The number of carbonyl (C=O) groups is 7. The van der Waals surface area contributed by atoms with Crippen LogP contribution in [0.25, 0.3) is 0 Å². The summed E-state index contributed by atoms with van der Waals surface area (Å²) in [5.41, 5.74) is 6.73. The summed E-state index contributed by atoms with van der Waals surface area (Å²) in [5, 5.41) is 52.8. The summed E-state index contributed by atoms with van der Waals surface area (Å²) in [4.78, 5) is 91.7. The monoisotopic (exact) mass is 737 g/mol. The quantitative estimate of drug-likeness (QED) is 0.0545. The number of rotatable bonds is 26. The van der Waals surface area contributed by atoms with E-state index in [4.69, 9.17) is 15.9 Å². The number of aromatic nitrogens is 4. The number of carboxylic acid groups (broad SMARTS) is 5. The highest BCUT2D eigenvalue weighted by molar-refractivity contribution is 5.86. The standard InChI is InChI=1S/C31H47N9O12/c1-19-14-40(18-27(45)46)24(35-19)16-38(15-23-33-11-13-39(23)17-26(43)44)12-5-3-6-20(32)28(47)34-10-4-2-7-21(29(48)49)36-31(52)37-22(30(50)51)8-9-25(41)42/h11,13-14,20-22H,2-10,12,15-18,32H2,1H3,(H,34,47)(H,41,42)(H,43,44)(H,45,46)(H,48,49)(H,50,51)(H2,36,37,52)/t20-,21-,22-/m0/s1. The number of nitrogens with two attached hydrogens (primary N) is 1. The Hall–Kier alpha value is -5.57. The van der Waals surface area contributed by atoms with Gasteiger partial charge >= 0.3 is 35.9 Å². The molecule has 0 unspecified atom stereocenters. The zero-order valence-electron chi connectivity index (χ0n) is 28.8. The van der Waals surface area contributed by atoms with Crippen molar-refractivity contribution in [2.24, 2.45) is 5.73 Å². The van der Waals surface area contributed by atoms with Gasteiger partial charge in [-0.1, -0.05) is 6.42 Å². The van der Waals surface area contributed by atoms with Gasteiger partial charge in [-0.2, -0.15) is 0 Å². The minimum Gasteiger partial charge on any atom is -0.481 e. The number of nitrogens with one attached hydrogen (secondary N) is 3. The van der Waals surface area contributed by atoms with Crippen LogP contribution in [0.2, 0.25) is 0 Å². The van der Waals surface area contributed by atoms with Gasteiger partial charge in [-0.25, -0.2) is 24.4 Å². The van der Waals surface area contributed by atoms with E-state index in [0.29, 0.717) is 49.6 Å². The molecule has 0 aliphatic heterocycles. The Labute approximate surface area is 298 Å². The van der Waals surface area contributed by atoms with Crippen LogP contribution in [0.3, 0.4) is 0 Å². The first kappa shape index (κ1) is 42.6.